The Balaban J connectivity index is 2.01. The molecule has 1 heterocycles. The van der Waals surface area contributed by atoms with Crippen molar-refractivity contribution < 1.29 is 4.74 Å². The first kappa shape index (κ1) is 16.3. The zero-order valence-electron chi connectivity index (χ0n) is 13.8. The van der Waals surface area contributed by atoms with E-state index < -0.39 is 0 Å². The Morgan fingerprint density at radius 2 is 2.00 bits per heavy atom. The lowest BCUT2D eigenvalue weighted by Gasteiger charge is -2.27. The molecule has 2 rings (SSSR count). The number of methoxy groups -OCH3 is 1. The third-order valence-electron chi connectivity index (χ3n) is 4.47. The smallest absolute Gasteiger partial charge is 0.0587 e. The lowest BCUT2D eigenvalue weighted by Crippen LogP contribution is -2.27. The lowest BCUT2D eigenvalue weighted by atomic mass is 9.85. The molecule has 1 aromatic carbocycles. The maximum absolute atomic E-state index is 5.09. The molecule has 3 heteroatoms. The number of hydrogen-bond acceptors (Lipinski definition) is 3. The highest BCUT2D eigenvalue weighted by molar-refractivity contribution is 5.53. The van der Waals surface area contributed by atoms with Crippen molar-refractivity contribution in [2.75, 3.05) is 38.3 Å². The number of ether oxygens (including phenoxy) is 1. The van der Waals surface area contributed by atoms with Crippen molar-refractivity contribution in [3.05, 3.63) is 29.8 Å². The maximum Gasteiger partial charge on any atom is 0.0587 e. The number of hydrogen-bond donors (Lipinski definition) is 1. The van der Waals surface area contributed by atoms with Crippen LogP contribution in [0.25, 0.3) is 0 Å². The molecule has 1 N–H and O–H groups in total. The van der Waals surface area contributed by atoms with Crippen LogP contribution in [0.1, 0.15) is 38.7 Å². The molecule has 1 fully saturated rings. The van der Waals surface area contributed by atoms with Gasteiger partial charge in [-0.2, -0.15) is 0 Å². The summed E-state index contributed by atoms with van der Waals surface area (Å²) >= 11 is 0. The van der Waals surface area contributed by atoms with Crippen molar-refractivity contribution in [1.82, 2.24) is 5.32 Å². The minimum atomic E-state index is 0.487. The third kappa shape index (κ3) is 5.01. The number of nitrogens with one attached hydrogen (secondary N) is 1. The van der Waals surface area contributed by atoms with E-state index in [2.05, 4.69) is 48.3 Å². The van der Waals surface area contributed by atoms with Gasteiger partial charge in [0.2, 0.25) is 0 Å². The summed E-state index contributed by atoms with van der Waals surface area (Å²) in [6, 6.07) is 8.80. The van der Waals surface area contributed by atoms with E-state index in [1.807, 2.05) is 0 Å². The Morgan fingerprint density at radius 1 is 1.19 bits per heavy atom. The molecule has 1 saturated heterocycles. The van der Waals surface area contributed by atoms with Crippen LogP contribution in [0.2, 0.25) is 0 Å². The molecule has 21 heavy (non-hydrogen) atoms. The van der Waals surface area contributed by atoms with Gasteiger partial charge in [0.25, 0.3) is 0 Å². The van der Waals surface area contributed by atoms with Crippen LogP contribution in [-0.4, -0.2) is 33.4 Å². The second-order valence-electron chi connectivity index (χ2n) is 6.80. The van der Waals surface area contributed by atoms with Gasteiger partial charge < -0.3 is 15.0 Å². The highest BCUT2D eigenvalue weighted by Gasteiger charge is 2.23. The van der Waals surface area contributed by atoms with E-state index in [4.69, 9.17) is 4.74 Å². The number of rotatable bonds is 6. The van der Waals surface area contributed by atoms with Crippen LogP contribution in [0.4, 0.5) is 5.69 Å². The zero-order chi connectivity index (χ0) is 15.1. The Bertz CT molecular complexity index is 431. The summed E-state index contributed by atoms with van der Waals surface area (Å²) < 4.78 is 5.09. The van der Waals surface area contributed by atoms with Crippen molar-refractivity contribution in [2.24, 2.45) is 5.41 Å². The SMILES string of the molecule is COCCNCc1ccccc1N1CCCC(C)(C)CC1. The van der Waals surface area contributed by atoms with E-state index in [-0.39, 0.29) is 0 Å². The van der Waals surface area contributed by atoms with E-state index in [0.29, 0.717) is 5.41 Å². The summed E-state index contributed by atoms with van der Waals surface area (Å²) in [6.45, 7) is 9.72. The predicted molar refractivity (Wildman–Crippen MR) is 89.9 cm³/mol. The Morgan fingerprint density at radius 3 is 2.81 bits per heavy atom. The second kappa shape index (κ2) is 7.81. The van der Waals surface area contributed by atoms with Gasteiger partial charge in [-0.3, -0.25) is 0 Å². The van der Waals surface area contributed by atoms with Crippen molar-refractivity contribution in [3.63, 3.8) is 0 Å². The molecule has 1 aliphatic heterocycles. The summed E-state index contributed by atoms with van der Waals surface area (Å²) in [5, 5.41) is 3.46. The summed E-state index contributed by atoms with van der Waals surface area (Å²) in [7, 11) is 1.74. The normalized spacial score (nSPS) is 18.5. The van der Waals surface area contributed by atoms with Gasteiger partial charge in [-0.1, -0.05) is 32.0 Å². The first-order valence-electron chi connectivity index (χ1n) is 8.15. The molecule has 0 amide bonds. The molecule has 0 aliphatic carbocycles. The first-order valence-corrected chi connectivity index (χ1v) is 8.15. The van der Waals surface area contributed by atoms with E-state index in [1.54, 1.807) is 7.11 Å². The molecule has 0 unspecified atom stereocenters. The molecule has 0 spiro atoms. The third-order valence-corrected chi connectivity index (χ3v) is 4.47. The van der Waals surface area contributed by atoms with Crippen molar-refractivity contribution in [3.8, 4) is 0 Å². The van der Waals surface area contributed by atoms with Crippen molar-refractivity contribution >= 4 is 5.69 Å². The summed E-state index contributed by atoms with van der Waals surface area (Å²) in [4.78, 5) is 2.57. The van der Waals surface area contributed by atoms with Crippen LogP contribution < -0.4 is 10.2 Å². The highest BCUT2D eigenvalue weighted by atomic mass is 16.5. The van der Waals surface area contributed by atoms with Gasteiger partial charge in [-0.15, -0.1) is 0 Å². The average molecular weight is 290 g/mol. The van der Waals surface area contributed by atoms with Crippen LogP contribution in [0.5, 0.6) is 0 Å². The number of benzene rings is 1. The molecule has 0 saturated carbocycles. The maximum atomic E-state index is 5.09. The number of para-hydroxylation sites is 1. The largest absolute Gasteiger partial charge is 0.383 e. The van der Waals surface area contributed by atoms with Crippen LogP contribution >= 0.6 is 0 Å². The van der Waals surface area contributed by atoms with E-state index >= 15 is 0 Å². The minimum absolute atomic E-state index is 0.487. The minimum Gasteiger partial charge on any atom is -0.383 e. The quantitative estimate of drug-likeness (QED) is 0.812. The van der Waals surface area contributed by atoms with E-state index in [1.165, 1.54) is 43.6 Å². The van der Waals surface area contributed by atoms with Crippen molar-refractivity contribution in [2.45, 2.75) is 39.7 Å². The molecule has 0 bridgehead atoms. The molecule has 118 valence electrons. The first-order chi connectivity index (χ1) is 10.1. The fourth-order valence-electron chi connectivity index (χ4n) is 3.03. The van der Waals surface area contributed by atoms with Gasteiger partial charge in [0.1, 0.15) is 0 Å². The van der Waals surface area contributed by atoms with Gasteiger partial charge in [0.15, 0.2) is 0 Å². The van der Waals surface area contributed by atoms with E-state index in [0.717, 1.165) is 19.7 Å². The lowest BCUT2D eigenvalue weighted by molar-refractivity contribution is 0.199. The number of nitrogens with zero attached hydrogens (tertiary/aromatic N) is 1. The fraction of sp³-hybridized carbons (Fsp3) is 0.667. The molecule has 1 aliphatic rings. The van der Waals surface area contributed by atoms with Gasteiger partial charge in [0.05, 0.1) is 6.61 Å². The van der Waals surface area contributed by atoms with Gasteiger partial charge >= 0.3 is 0 Å². The summed E-state index contributed by atoms with van der Waals surface area (Å²) in [5.41, 5.74) is 3.29. The van der Waals surface area contributed by atoms with Gasteiger partial charge in [0, 0.05) is 39.0 Å². The molecule has 0 aromatic heterocycles. The zero-order valence-corrected chi connectivity index (χ0v) is 13.8. The molecular formula is C18H30N2O. The second-order valence-corrected chi connectivity index (χ2v) is 6.80. The Hall–Kier alpha value is -1.06. The molecular weight excluding hydrogens is 260 g/mol. The Labute approximate surface area is 129 Å². The number of anilines is 1. The molecule has 0 atom stereocenters. The highest BCUT2D eigenvalue weighted by Crippen LogP contribution is 2.32. The summed E-state index contributed by atoms with van der Waals surface area (Å²) in [5.74, 6) is 0. The van der Waals surface area contributed by atoms with Crippen LogP contribution in [0.3, 0.4) is 0 Å². The monoisotopic (exact) mass is 290 g/mol. The molecule has 3 nitrogen and oxygen atoms in total. The van der Waals surface area contributed by atoms with Gasteiger partial charge in [-0.25, -0.2) is 0 Å². The predicted octanol–water partition coefficient (Wildman–Crippen LogP) is 3.44. The summed E-state index contributed by atoms with van der Waals surface area (Å²) in [6.07, 6.45) is 3.90. The Kier molecular flexibility index (Phi) is 6.07. The van der Waals surface area contributed by atoms with Crippen LogP contribution in [0.15, 0.2) is 24.3 Å². The molecule has 1 aromatic rings. The molecule has 0 radical (unpaired) electrons. The topological polar surface area (TPSA) is 24.5 Å². The van der Waals surface area contributed by atoms with Crippen LogP contribution in [-0.2, 0) is 11.3 Å². The average Bonchev–Trinajstić information content (AvgIpc) is 2.65. The van der Waals surface area contributed by atoms with Crippen LogP contribution in [0, 0.1) is 5.41 Å². The van der Waals surface area contributed by atoms with Crippen molar-refractivity contribution in [1.29, 1.82) is 0 Å². The van der Waals surface area contributed by atoms with E-state index in [9.17, 15) is 0 Å². The fourth-order valence-corrected chi connectivity index (χ4v) is 3.03. The standard InChI is InChI=1S/C18H30N2O/c1-18(2)9-6-12-20(13-10-18)17-8-5-4-7-16(17)15-19-11-14-21-3/h4-5,7-8,19H,6,9-15H2,1-3H3. The van der Waals surface area contributed by atoms with Gasteiger partial charge in [-0.05, 0) is 36.3 Å².